The molecule has 1 aliphatic rings. The van der Waals surface area contributed by atoms with Crippen LogP contribution in [-0.4, -0.2) is 33.0 Å². The molecule has 5 heteroatoms. The van der Waals surface area contributed by atoms with Crippen LogP contribution in [0.4, 0.5) is 0 Å². The fourth-order valence-electron chi connectivity index (χ4n) is 2.70. The van der Waals surface area contributed by atoms with Crippen molar-refractivity contribution in [2.45, 2.75) is 44.2 Å². The zero-order chi connectivity index (χ0) is 14.4. The Bertz CT molecular complexity index is 428. The Morgan fingerprint density at radius 2 is 1.81 bits per heavy atom. The smallest absolute Gasteiger partial charge is 0.160 e. The highest BCUT2D eigenvalue weighted by atomic mass is 35.5. The van der Waals surface area contributed by atoms with E-state index in [2.05, 4.69) is 0 Å². The SMILES string of the molecule is COc1ccc(CCO[C@@H]2CCCC[C@H]2N)cc1OC.Cl. The zero-order valence-corrected chi connectivity index (χ0v) is 13.7. The fourth-order valence-corrected chi connectivity index (χ4v) is 2.70. The quantitative estimate of drug-likeness (QED) is 0.877. The van der Waals surface area contributed by atoms with Gasteiger partial charge in [-0.3, -0.25) is 0 Å². The van der Waals surface area contributed by atoms with Gasteiger partial charge in [-0.1, -0.05) is 18.9 Å². The normalized spacial score (nSPS) is 21.5. The molecule has 120 valence electrons. The van der Waals surface area contributed by atoms with Crippen molar-refractivity contribution in [2.75, 3.05) is 20.8 Å². The molecule has 0 bridgehead atoms. The van der Waals surface area contributed by atoms with Crippen molar-refractivity contribution >= 4 is 12.4 Å². The summed E-state index contributed by atoms with van der Waals surface area (Å²) in [5.74, 6) is 1.52. The maximum Gasteiger partial charge on any atom is 0.160 e. The topological polar surface area (TPSA) is 53.7 Å². The highest BCUT2D eigenvalue weighted by molar-refractivity contribution is 5.85. The van der Waals surface area contributed by atoms with E-state index in [1.165, 1.54) is 18.4 Å². The van der Waals surface area contributed by atoms with Gasteiger partial charge >= 0.3 is 0 Å². The maximum absolute atomic E-state index is 6.08. The van der Waals surface area contributed by atoms with Crippen molar-refractivity contribution in [2.24, 2.45) is 5.73 Å². The molecular formula is C16H26ClNO3. The number of methoxy groups -OCH3 is 2. The minimum Gasteiger partial charge on any atom is -0.493 e. The van der Waals surface area contributed by atoms with Crippen LogP contribution in [0.2, 0.25) is 0 Å². The van der Waals surface area contributed by atoms with Gasteiger partial charge in [0, 0.05) is 6.04 Å². The van der Waals surface area contributed by atoms with Gasteiger partial charge in [-0.15, -0.1) is 12.4 Å². The van der Waals surface area contributed by atoms with Crippen LogP contribution in [0.15, 0.2) is 18.2 Å². The zero-order valence-electron chi connectivity index (χ0n) is 12.8. The van der Waals surface area contributed by atoms with E-state index < -0.39 is 0 Å². The van der Waals surface area contributed by atoms with Crippen LogP contribution in [0.3, 0.4) is 0 Å². The Morgan fingerprint density at radius 1 is 1.10 bits per heavy atom. The summed E-state index contributed by atoms with van der Waals surface area (Å²) in [5.41, 5.74) is 7.27. The molecule has 0 saturated heterocycles. The molecule has 0 unspecified atom stereocenters. The van der Waals surface area contributed by atoms with Crippen LogP contribution in [0.1, 0.15) is 31.2 Å². The molecule has 1 saturated carbocycles. The minimum atomic E-state index is 0. The van der Waals surface area contributed by atoms with Crippen LogP contribution in [0, 0.1) is 0 Å². The van der Waals surface area contributed by atoms with Crippen LogP contribution in [0.25, 0.3) is 0 Å². The standard InChI is InChI=1S/C16H25NO3.ClH/c1-18-15-8-7-12(11-16(15)19-2)9-10-20-14-6-4-3-5-13(14)17;/h7-8,11,13-14H,3-6,9-10,17H2,1-2H3;1H/t13-,14-;/m1./s1. The molecule has 21 heavy (non-hydrogen) atoms. The largest absolute Gasteiger partial charge is 0.493 e. The number of nitrogens with two attached hydrogens (primary N) is 1. The molecule has 0 aliphatic heterocycles. The van der Waals surface area contributed by atoms with Gasteiger partial charge in [0.15, 0.2) is 11.5 Å². The summed E-state index contributed by atoms with van der Waals surface area (Å²) < 4.78 is 16.5. The van der Waals surface area contributed by atoms with E-state index in [1.807, 2.05) is 18.2 Å². The predicted octanol–water partition coefficient (Wildman–Crippen LogP) is 2.95. The monoisotopic (exact) mass is 315 g/mol. The Hall–Kier alpha value is -0.970. The second kappa shape index (κ2) is 9.13. The van der Waals surface area contributed by atoms with Gasteiger partial charge in [0.05, 0.1) is 26.9 Å². The maximum atomic E-state index is 6.08. The Kier molecular flexibility index (Phi) is 7.86. The van der Waals surface area contributed by atoms with Crippen molar-refractivity contribution in [3.8, 4) is 11.5 Å². The molecule has 2 N–H and O–H groups in total. The first-order valence-corrected chi connectivity index (χ1v) is 7.32. The highest BCUT2D eigenvalue weighted by Crippen LogP contribution is 2.28. The average Bonchev–Trinajstić information content (AvgIpc) is 2.49. The summed E-state index contributed by atoms with van der Waals surface area (Å²) in [7, 11) is 3.30. The number of ether oxygens (including phenoxy) is 3. The number of hydrogen-bond acceptors (Lipinski definition) is 4. The van der Waals surface area contributed by atoms with Gasteiger partial charge in [-0.25, -0.2) is 0 Å². The molecule has 1 fully saturated rings. The first-order valence-electron chi connectivity index (χ1n) is 7.32. The lowest BCUT2D eigenvalue weighted by Crippen LogP contribution is -2.39. The third-order valence-electron chi connectivity index (χ3n) is 3.92. The van der Waals surface area contributed by atoms with Crippen molar-refractivity contribution in [3.63, 3.8) is 0 Å². The summed E-state index contributed by atoms with van der Waals surface area (Å²) in [6.07, 6.45) is 5.73. The van der Waals surface area contributed by atoms with Gasteiger partial charge in [-0.2, -0.15) is 0 Å². The summed E-state index contributed by atoms with van der Waals surface area (Å²) in [6, 6.07) is 6.18. The summed E-state index contributed by atoms with van der Waals surface area (Å²) in [5, 5.41) is 0. The third kappa shape index (κ3) is 5.06. The summed E-state index contributed by atoms with van der Waals surface area (Å²) in [4.78, 5) is 0. The second-order valence-corrected chi connectivity index (χ2v) is 5.30. The fraction of sp³-hybridized carbons (Fsp3) is 0.625. The Balaban J connectivity index is 0.00000220. The van der Waals surface area contributed by atoms with Crippen LogP contribution in [0.5, 0.6) is 11.5 Å². The molecule has 1 aliphatic carbocycles. The van der Waals surface area contributed by atoms with Crippen molar-refractivity contribution in [1.82, 2.24) is 0 Å². The van der Waals surface area contributed by atoms with E-state index in [1.54, 1.807) is 14.2 Å². The van der Waals surface area contributed by atoms with E-state index >= 15 is 0 Å². The lowest BCUT2D eigenvalue weighted by Gasteiger charge is -2.28. The Labute approximate surface area is 133 Å². The number of benzene rings is 1. The minimum absolute atomic E-state index is 0. The molecule has 2 rings (SSSR count). The number of halogens is 1. The van der Waals surface area contributed by atoms with Crippen LogP contribution in [-0.2, 0) is 11.2 Å². The lowest BCUT2D eigenvalue weighted by molar-refractivity contribution is 0.0168. The van der Waals surface area contributed by atoms with Gasteiger partial charge in [0.2, 0.25) is 0 Å². The van der Waals surface area contributed by atoms with Crippen molar-refractivity contribution in [1.29, 1.82) is 0 Å². The molecule has 0 amide bonds. The number of rotatable bonds is 6. The third-order valence-corrected chi connectivity index (χ3v) is 3.92. The second-order valence-electron chi connectivity index (χ2n) is 5.30. The molecule has 1 aromatic rings. The van der Waals surface area contributed by atoms with Crippen molar-refractivity contribution < 1.29 is 14.2 Å². The van der Waals surface area contributed by atoms with Gasteiger partial charge < -0.3 is 19.9 Å². The Morgan fingerprint density at radius 3 is 2.48 bits per heavy atom. The molecule has 4 nitrogen and oxygen atoms in total. The van der Waals surface area contributed by atoms with E-state index in [0.717, 1.165) is 30.8 Å². The van der Waals surface area contributed by atoms with E-state index in [9.17, 15) is 0 Å². The molecule has 0 spiro atoms. The van der Waals surface area contributed by atoms with Crippen molar-refractivity contribution in [3.05, 3.63) is 23.8 Å². The molecule has 0 heterocycles. The van der Waals surface area contributed by atoms with E-state index in [-0.39, 0.29) is 24.6 Å². The lowest BCUT2D eigenvalue weighted by atomic mass is 9.93. The van der Waals surface area contributed by atoms with Gasteiger partial charge in [0.25, 0.3) is 0 Å². The van der Waals surface area contributed by atoms with Crippen LogP contribution >= 0.6 is 12.4 Å². The molecular weight excluding hydrogens is 290 g/mol. The molecule has 2 atom stereocenters. The predicted molar refractivity (Wildman–Crippen MR) is 86.7 cm³/mol. The van der Waals surface area contributed by atoms with Crippen LogP contribution < -0.4 is 15.2 Å². The highest BCUT2D eigenvalue weighted by Gasteiger charge is 2.21. The van der Waals surface area contributed by atoms with Gasteiger partial charge in [0.1, 0.15) is 0 Å². The van der Waals surface area contributed by atoms with E-state index in [4.69, 9.17) is 19.9 Å². The number of hydrogen-bond donors (Lipinski definition) is 1. The van der Waals surface area contributed by atoms with E-state index in [0.29, 0.717) is 6.61 Å². The molecule has 0 aromatic heterocycles. The van der Waals surface area contributed by atoms with Gasteiger partial charge in [-0.05, 0) is 37.0 Å². The summed E-state index contributed by atoms with van der Waals surface area (Å²) >= 11 is 0. The average molecular weight is 316 g/mol. The molecule has 0 radical (unpaired) electrons. The first kappa shape index (κ1) is 18.1. The summed E-state index contributed by atoms with van der Waals surface area (Å²) in [6.45, 7) is 0.702. The first-order chi connectivity index (χ1) is 9.74. The molecule has 1 aromatic carbocycles.